The number of carbonyl (C=O) groups excluding carboxylic acids is 2. The summed E-state index contributed by atoms with van der Waals surface area (Å²) < 4.78 is 6.05. The number of ether oxygens (including phenoxy) is 1. The Balaban J connectivity index is 1.28. The Morgan fingerprint density at radius 1 is 1.16 bits per heavy atom. The maximum Gasteiger partial charge on any atom is 0.251 e. The van der Waals surface area contributed by atoms with Gasteiger partial charge in [-0.15, -0.1) is 0 Å². The quantitative estimate of drug-likeness (QED) is 0.280. The first-order chi connectivity index (χ1) is 23.7. The normalized spacial score (nSPS) is 31.2. The average Bonchev–Trinajstić information content (AvgIpc) is 3.67. The Labute approximate surface area is 297 Å². The van der Waals surface area contributed by atoms with Crippen LogP contribution in [0.4, 0.5) is 5.69 Å². The maximum absolute atomic E-state index is 14.2. The maximum atomic E-state index is 14.2. The van der Waals surface area contributed by atoms with Gasteiger partial charge >= 0.3 is 0 Å². The summed E-state index contributed by atoms with van der Waals surface area (Å²) in [6.45, 7) is 10.2. The molecule has 1 unspecified atom stereocenters. The first kappa shape index (κ1) is 36.6. The number of hydrogen-bond donors (Lipinski definition) is 4. The number of aliphatic hydroxyl groups is 2. The molecule has 11 heteroatoms. The fourth-order valence-corrected chi connectivity index (χ4v) is 9.31. The number of anilines is 1. The van der Waals surface area contributed by atoms with Crippen molar-refractivity contribution in [2.45, 2.75) is 83.8 Å². The van der Waals surface area contributed by atoms with E-state index >= 15 is 0 Å². The lowest BCUT2D eigenvalue weighted by Crippen LogP contribution is -2.62. The molecule has 0 spiro atoms. The number of carbonyl (C=O) groups is 2. The molecule has 274 valence electrons. The lowest BCUT2D eigenvalue weighted by molar-refractivity contribution is -0.183. The lowest BCUT2D eigenvalue weighted by Gasteiger charge is -2.62. The molecule has 3 saturated carbocycles. The number of hydrogen-bond acceptors (Lipinski definition) is 9. The van der Waals surface area contributed by atoms with Gasteiger partial charge in [0.05, 0.1) is 26.4 Å². The van der Waals surface area contributed by atoms with Crippen LogP contribution in [0, 0.1) is 29.1 Å². The highest BCUT2D eigenvalue weighted by Gasteiger charge is 2.57. The second-order valence-electron chi connectivity index (χ2n) is 16.1. The molecule has 5 fully saturated rings. The first-order valence-corrected chi connectivity index (χ1v) is 18.2. The van der Waals surface area contributed by atoms with Gasteiger partial charge in [-0.25, -0.2) is 0 Å². The third kappa shape index (κ3) is 6.87. The zero-order valence-electron chi connectivity index (χ0n) is 31.0. The molecule has 2 aromatic rings. The number of amides is 2. The summed E-state index contributed by atoms with van der Waals surface area (Å²) in [5.74, 6) is 1.15. The van der Waals surface area contributed by atoms with Crippen LogP contribution in [0.25, 0.3) is 11.1 Å². The number of rotatable bonds is 11. The van der Waals surface area contributed by atoms with Crippen LogP contribution in [-0.2, 0) is 16.2 Å². The molecule has 0 aromatic heterocycles. The van der Waals surface area contributed by atoms with Crippen LogP contribution in [0.3, 0.4) is 0 Å². The van der Waals surface area contributed by atoms with E-state index in [0.717, 1.165) is 48.3 Å². The molecule has 5 aliphatic rings. The van der Waals surface area contributed by atoms with E-state index in [1.165, 1.54) is 6.42 Å². The van der Waals surface area contributed by atoms with Gasteiger partial charge in [0.2, 0.25) is 5.91 Å². The van der Waals surface area contributed by atoms with Crippen molar-refractivity contribution in [1.29, 1.82) is 0 Å². The van der Waals surface area contributed by atoms with Crippen LogP contribution in [0.15, 0.2) is 36.4 Å². The number of nitrogens with zero attached hydrogens (tertiary/aromatic N) is 3. The van der Waals surface area contributed by atoms with Crippen LogP contribution in [0.1, 0.15) is 62.9 Å². The van der Waals surface area contributed by atoms with Crippen LogP contribution < -0.4 is 20.3 Å². The van der Waals surface area contributed by atoms with Gasteiger partial charge in [0.25, 0.3) is 5.91 Å². The Bertz CT molecular complexity index is 1560. The molecule has 2 bridgehead atoms. The summed E-state index contributed by atoms with van der Waals surface area (Å²) in [5.41, 5.74) is 4.13. The Morgan fingerprint density at radius 3 is 2.52 bits per heavy atom. The van der Waals surface area contributed by atoms with E-state index in [1.807, 2.05) is 55.4 Å². The number of para-hydroxylation sites is 1. The molecule has 2 heterocycles. The number of nitrogens with one attached hydrogen (secondary N) is 2. The number of benzene rings is 2. The zero-order valence-corrected chi connectivity index (χ0v) is 31.0. The van der Waals surface area contributed by atoms with Crippen LogP contribution in [0.2, 0.25) is 0 Å². The van der Waals surface area contributed by atoms with Crippen molar-refractivity contribution in [2.24, 2.45) is 29.1 Å². The molecule has 7 rings (SSSR count). The minimum atomic E-state index is -0.889. The molecule has 2 saturated heterocycles. The highest BCUT2D eigenvalue weighted by molar-refractivity contribution is 5.97. The SMILES string of the molecule is COc1c(CN2O[C@@H](CO)[C@@H]([C@H](C)O)[C@H]2C(=O)N[C@H]2C[C@H]3C[C@@H]([C@@H]2C)C3(C)C)cccc1-c1cc(C(=O)NC2CCN(C)C2)cc(N(C)C)c1. The predicted octanol–water partition coefficient (Wildman–Crippen LogP) is 3.52. The molecule has 4 N–H and O–H groups in total. The molecular formula is C39H57N5O6. The average molecular weight is 692 g/mol. The zero-order chi connectivity index (χ0) is 36.1. The number of fused-ring (bicyclic) bond motifs is 2. The topological polar surface area (TPSA) is 127 Å². The summed E-state index contributed by atoms with van der Waals surface area (Å²) in [6.07, 6.45) is 1.43. The highest BCUT2D eigenvalue weighted by Crippen LogP contribution is 2.61. The predicted molar refractivity (Wildman–Crippen MR) is 194 cm³/mol. The molecular weight excluding hydrogens is 634 g/mol. The Hall–Kier alpha value is -3.22. The van der Waals surface area contributed by atoms with Gasteiger partial charge in [0.15, 0.2) is 0 Å². The van der Waals surface area contributed by atoms with E-state index in [9.17, 15) is 19.8 Å². The van der Waals surface area contributed by atoms with Crippen LogP contribution in [-0.4, -0.2) is 110 Å². The molecule has 9 atom stereocenters. The first-order valence-electron chi connectivity index (χ1n) is 18.2. The largest absolute Gasteiger partial charge is 0.496 e. The summed E-state index contributed by atoms with van der Waals surface area (Å²) in [6, 6.07) is 11.0. The molecule has 0 radical (unpaired) electrons. The molecule has 2 aliphatic heterocycles. The lowest BCUT2D eigenvalue weighted by atomic mass is 9.45. The van der Waals surface area contributed by atoms with Gasteiger partial charge in [-0.1, -0.05) is 39.0 Å². The van der Waals surface area contributed by atoms with Gasteiger partial charge < -0.3 is 35.4 Å². The van der Waals surface area contributed by atoms with Crippen LogP contribution >= 0.6 is 0 Å². The molecule has 11 nitrogen and oxygen atoms in total. The van der Waals surface area contributed by atoms with Crippen molar-refractivity contribution in [3.63, 3.8) is 0 Å². The smallest absolute Gasteiger partial charge is 0.251 e. The molecule has 2 amide bonds. The van der Waals surface area contributed by atoms with Gasteiger partial charge in [-0.2, -0.15) is 5.06 Å². The highest BCUT2D eigenvalue weighted by atomic mass is 16.7. The second kappa shape index (κ2) is 14.4. The third-order valence-corrected chi connectivity index (χ3v) is 12.4. The fraction of sp³-hybridized carbons (Fsp3) is 0.641. The van der Waals surface area contributed by atoms with Crippen molar-refractivity contribution >= 4 is 17.5 Å². The number of methoxy groups -OCH3 is 1. The monoisotopic (exact) mass is 691 g/mol. The number of hydroxylamine groups is 2. The third-order valence-electron chi connectivity index (χ3n) is 12.4. The van der Waals surface area contributed by atoms with E-state index in [1.54, 1.807) is 19.1 Å². The van der Waals surface area contributed by atoms with Gasteiger partial charge in [-0.05, 0) is 86.7 Å². The van der Waals surface area contributed by atoms with E-state index in [-0.39, 0.29) is 37.0 Å². The van der Waals surface area contributed by atoms with Crippen molar-refractivity contribution in [2.75, 3.05) is 52.8 Å². The summed E-state index contributed by atoms with van der Waals surface area (Å²) >= 11 is 0. The molecule has 3 aliphatic carbocycles. The Kier molecular flexibility index (Phi) is 10.5. The number of aliphatic hydroxyl groups excluding tert-OH is 2. The van der Waals surface area contributed by atoms with E-state index in [0.29, 0.717) is 34.5 Å². The standard InChI is InChI=1S/C39H57N5O6/c1-22-31-17-27(39(31,3)4)18-32(22)41-38(48)35-34(23(2)46)33(21-45)50-44(35)19-24-10-9-11-30(36(24)49-8)25-14-26(16-29(15-25)42(5)6)37(47)40-28-12-13-43(7)20-28/h9-11,14-16,22-23,27-28,31-35,45-46H,12-13,17-21H2,1-8H3,(H,40,47)(H,41,48)/t22-,23-,27+,28?,31-,32-,33-,34+,35-/m0/s1. The molecule has 50 heavy (non-hydrogen) atoms. The van der Waals surface area contributed by atoms with Crippen molar-refractivity contribution in [3.8, 4) is 16.9 Å². The van der Waals surface area contributed by atoms with Gasteiger partial charge in [-0.3, -0.25) is 14.4 Å². The van der Waals surface area contributed by atoms with E-state index in [4.69, 9.17) is 9.57 Å². The fourth-order valence-electron chi connectivity index (χ4n) is 9.31. The number of likely N-dealkylation sites (N-methyl/N-ethyl adjacent to an activating group) is 1. The van der Waals surface area contributed by atoms with Crippen molar-refractivity contribution < 1.29 is 29.4 Å². The summed E-state index contributed by atoms with van der Waals surface area (Å²) in [5, 5.41) is 29.4. The summed E-state index contributed by atoms with van der Waals surface area (Å²) in [7, 11) is 7.57. The molecule has 2 aromatic carbocycles. The number of likely N-dealkylation sites (tertiary alicyclic amines) is 1. The van der Waals surface area contributed by atoms with Gasteiger partial charge in [0, 0.05) is 61.0 Å². The minimum Gasteiger partial charge on any atom is -0.496 e. The van der Waals surface area contributed by atoms with E-state index in [2.05, 4.69) is 43.4 Å². The van der Waals surface area contributed by atoms with Crippen LogP contribution in [0.5, 0.6) is 5.75 Å². The van der Waals surface area contributed by atoms with Gasteiger partial charge in [0.1, 0.15) is 17.9 Å². The Morgan fingerprint density at radius 2 is 1.92 bits per heavy atom. The summed E-state index contributed by atoms with van der Waals surface area (Å²) in [4.78, 5) is 38.2. The van der Waals surface area contributed by atoms with Crippen molar-refractivity contribution in [1.82, 2.24) is 20.6 Å². The van der Waals surface area contributed by atoms with Crippen molar-refractivity contribution in [3.05, 3.63) is 47.5 Å². The second-order valence-corrected chi connectivity index (χ2v) is 16.1. The minimum absolute atomic E-state index is 0.0479. The van der Waals surface area contributed by atoms with E-state index < -0.39 is 24.2 Å².